The zero-order chi connectivity index (χ0) is 13.0. The van der Waals surface area contributed by atoms with E-state index in [0.717, 1.165) is 11.8 Å². The van der Waals surface area contributed by atoms with Gasteiger partial charge in [-0.3, -0.25) is 4.79 Å². The lowest BCUT2D eigenvalue weighted by Crippen LogP contribution is -2.12. The topological polar surface area (TPSA) is 91.2 Å². The van der Waals surface area contributed by atoms with E-state index in [9.17, 15) is 4.79 Å². The summed E-state index contributed by atoms with van der Waals surface area (Å²) in [6.45, 7) is 1.16. The minimum atomic E-state index is -0.536. The van der Waals surface area contributed by atoms with E-state index >= 15 is 0 Å². The first-order valence-electron chi connectivity index (χ1n) is 5.74. The maximum Gasteiger partial charge on any atom is 0.267 e. The molecule has 2 rings (SSSR count). The predicted molar refractivity (Wildman–Crippen MR) is 69.4 cm³/mol. The second kappa shape index (κ2) is 5.46. The van der Waals surface area contributed by atoms with Crippen molar-refractivity contribution < 1.29 is 9.53 Å². The van der Waals surface area contributed by atoms with Gasteiger partial charge in [-0.1, -0.05) is 6.07 Å². The lowest BCUT2D eigenvalue weighted by atomic mass is 10.2. The van der Waals surface area contributed by atoms with Gasteiger partial charge in [0.2, 0.25) is 0 Å². The molecular weight excluding hydrogens is 230 g/mol. The number of nitrogens with zero attached hydrogens (tertiary/aromatic N) is 1. The zero-order valence-corrected chi connectivity index (χ0v) is 9.93. The first-order chi connectivity index (χ1) is 8.70. The highest BCUT2D eigenvalue weighted by Crippen LogP contribution is 2.19. The number of primary amides is 1. The van der Waals surface area contributed by atoms with Crippen LogP contribution in [0.1, 0.15) is 16.9 Å². The van der Waals surface area contributed by atoms with Gasteiger partial charge in [0.25, 0.3) is 5.91 Å². The standard InChI is InChI=1S/C13H15N3O2/c14-6-1-7-18-10-4-2-9-3-5-11(13(15)17)16-12(9)8-10/h2-5,8H,1,6-7,14H2,(H2,15,17). The number of ether oxygens (including phenoxy) is 1. The van der Waals surface area contributed by atoms with E-state index in [0.29, 0.717) is 24.4 Å². The minimum absolute atomic E-state index is 0.251. The van der Waals surface area contributed by atoms with Crippen molar-refractivity contribution in [3.8, 4) is 5.75 Å². The van der Waals surface area contributed by atoms with Gasteiger partial charge in [-0.2, -0.15) is 0 Å². The van der Waals surface area contributed by atoms with Gasteiger partial charge in [0.1, 0.15) is 11.4 Å². The van der Waals surface area contributed by atoms with E-state index in [4.69, 9.17) is 16.2 Å². The number of pyridine rings is 1. The van der Waals surface area contributed by atoms with Gasteiger partial charge >= 0.3 is 0 Å². The van der Waals surface area contributed by atoms with Crippen molar-refractivity contribution in [2.24, 2.45) is 11.5 Å². The number of carbonyl (C=O) groups is 1. The molecule has 0 aliphatic heterocycles. The third-order valence-electron chi connectivity index (χ3n) is 2.53. The number of amides is 1. The molecule has 94 valence electrons. The third kappa shape index (κ3) is 2.75. The van der Waals surface area contributed by atoms with E-state index < -0.39 is 5.91 Å². The number of benzene rings is 1. The van der Waals surface area contributed by atoms with Crippen molar-refractivity contribution in [3.63, 3.8) is 0 Å². The van der Waals surface area contributed by atoms with Gasteiger partial charge in [-0.15, -0.1) is 0 Å². The fraction of sp³-hybridized carbons (Fsp3) is 0.231. The Kier molecular flexibility index (Phi) is 3.74. The highest BCUT2D eigenvalue weighted by atomic mass is 16.5. The molecule has 5 nitrogen and oxygen atoms in total. The number of hydrogen-bond acceptors (Lipinski definition) is 4. The van der Waals surface area contributed by atoms with Crippen LogP contribution in [0.2, 0.25) is 0 Å². The van der Waals surface area contributed by atoms with Crippen LogP contribution in [0, 0.1) is 0 Å². The number of carbonyl (C=O) groups excluding carboxylic acids is 1. The molecule has 18 heavy (non-hydrogen) atoms. The van der Waals surface area contributed by atoms with Crippen molar-refractivity contribution in [2.75, 3.05) is 13.2 Å². The molecule has 1 aromatic carbocycles. The van der Waals surface area contributed by atoms with Crippen LogP contribution >= 0.6 is 0 Å². The Balaban J connectivity index is 2.27. The summed E-state index contributed by atoms with van der Waals surface area (Å²) in [6.07, 6.45) is 0.798. The lowest BCUT2D eigenvalue weighted by molar-refractivity contribution is 0.0996. The molecule has 0 fully saturated rings. The Morgan fingerprint density at radius 2 is 2.06 bits per heavy atom. The molecule has 0 atom stereocenters. The molecule has 1 amide bonds. The highest BCUT2D eigenvalue weighted by Gasteiger charge is 2.04. The quantitative estimate of drug-likeness (QED) is 0.770. The Hall–Kier alpha value is -2.14. The molecule has 4 N–H and O–H groups in total. The van der Waals surface area contributed by atoms with Gasteiger partial charge in [-0.05, 0) is 31.2 Å². The SMILES string of the molecule is NCCCOc1ccc2ccc(C(N)=O)nc2c1. The van der Waals surface area contributed by atoms with Crippen LogP contribution in [0.4, 0.5) is 0 Å². The predicted octanol–water partition coefficient (Wildman–Crippen LogP) is 1.06. The van der Waals surface area contributed by atoms with E-state index in [2.05, 4.69) is 4.98 Å². The number of hydrogen-bond donors (Lipinski definition) is 2. The molecule has 0 unspecified atom stereocenters. The van der Waals surface area contributed by atoms with Crippen LogP contribution in [0.3, 0.4) is 0 Å². The second-order valence-corrected chi connectivity index (χ2v) is 3.91. The van der Waals surface area contributed by atoms with Crippen molar-refractivity contribution in [1.82, 2.24) is 4.98 Å². The van der Waals surface area contributed by atoms with E-state index in [1.165, 1.54) is 0 Å². The van der Waals surface area contributed by atoms with Crippen molar-refractivity contribution >= 4 is 16.8 Å². The summed E-state index contributed by atoms with van der Waals surface area (Å²) >= 11 is 0. The van der Waals surface area contributed by atoms with Crippen molar-refractivity contribution in [1.29, 1.82) is 0 Å². The Morgan fingerprint density at radius 3 is 2.78 bits per heavy atom. The lowest BCUT2D eigenvalue weighted by Gasteiger charge is -2.06. The maximum absolute atomic E-state index is 11.1. The summed E-state index contributed by atoms with van der Waals surface area (Å²) in [6, 6.07) is 8.97. The summed E-state index contributed by atoms with van der Waals surface area (Å²) in [5.74, 6) is 0.177. The molecule has 0 spiro atoms. The number of rotatable bonds is 5. The number of nitrogens with two attached hydrogens (primary N) is 2. The van der Waals surface area contributed by atoms with E-state index in [1.54, 1.807) is 12.1 Å². The van der Waals surface area contributed by atoms with Crippen LogP contribution in [-0.4, -0.2) is 24.0 Å². The number of fused-ring (bicyclic) bond motifs is 1. The number of aromatic nitrogens is 1. The summed E-state index contributed by atoms with van der Waals surface area (Å²) in [5, 5.41) is 0.936. The molecule has 0 bridgehead atoms. The summed E-state index contributed by atoms with van der Waals surface area (Å²) in [7, 11) is 0. The molecule has 0 aliphatic rings. The Bertz CT molecular complexity index is 569. The summed E-state index contributed by atoms with van der Waals surface area (Å²) in [4.78, 5) is 15.2. The zero-order valence-electron chi connectivity index (χ0n) is 9.93. The monoisotopic (exact) mass is 245 g/mol. The van der Waals surface area contributed by atoms with Gasteiger partial charge in [-0.25, -0.2) is 4.98 Å². The second-order valence-electron chi connectivity index (χ2n) is 3.91. The van der Waals surface area contributed by atoms with Gasteiger partial charge in [0.05, 0.1) is 12.1 Å². The Morgan fingerprint density at radius 1 is 1.28 bits per heavy atom. The fourth-order valence-corrected chi connectivity index (χ4v) is 1.60. The first-order valence-corrected chi connectivity index (χ1v) is 5.74. The van der Waals surface area contributed by atoms with Crippen LogP contribution < -0.4 is 16.2 Å². The summed E-state index contributed by atoms with van der Waals surface area (Å²) < 4.78 is 5.52. The molecule has 0 radical (unpaired) electrons. The van der Waals surface area contributed by atoms with Crippen molar-refractivity contribution in [2.45, 2.75) is 6.42 Å². The van der Waals surface area contributed by atoms with E-state index in [-0.39, 0.29) is 5.69 Å². The summed E-state index contributed by atoms with van der Waals surface area (Å²) in [5.41, 5.74) is 11.5. The van der Waals surface area contributed by atoms with Crippen LogP contribution in [0.5, 0.6) is 5.75 Å². The normalized spacial score (nSPS) is 10.5. The van der Waals surface area contributed by atoms with E-state index in [1.807, 2.05) is 18.2 Å². The molecule has 1 heterocycles. The smallest absolute Gasteiger partial charge is 0.267 e. The van der Waals surface area contributed by atoms with Crippen LogP contribution in [-0.2, 0) is 0 Å². The first kappa shape index (κ1) is 12.3. The van der Waals surface area contributed by atoms with Crippen LogP contribution in [0.15, 0.2) is 30.3 Å². The molecule has 5 heteroatoms. The van der Waals surface area contributed by atoms with Crippen molar-refractivity contribution in [3.05, 3.63) is 36.0 Å². The minimum Gasteiger partial charge on any atom is -0.493 e. The molecule has 0 saturated carbocycles. The average molecular weight is 245 g/mol. The fourth-order valence-electron chi connectivity index (χ4n) is 1.60. The molecular formula is C13H15N3O2. The molecule has 1 aromatic heterocycles. The third-order valence-corrected chi connectivity index (χ3v) is 2.53. The average Bonchev–Trinajstić information content (AvgIpc) is 2.38. The molecule has 0 saturated heterocycles. The molecule has 0 aliphatic carbocycles. The largest absolute Gasteiger partial charge is 0.493 e. The molecule has 2 aromatic rings. The van der Waals surface area contributed by atoms with Gasteiger partial charge in [0, 0.05) is 11.5 Å². The van der Waals surface area contributed by atoms with Gasteiger partial charge in [0.15, 0.2) is 0 Å². The van der Waals surface area contributed by atoms with Gasteiger partial charge < -0.3 is 16.2 Å². The van der Waals surface area contributed by atoms with Crippen LogP contribution in [0.25, 0.3) is 10.9 Å². The Labute approximate surface area is 105 Å². The maximum atomic E-state index is 11.1. The highest BCUT2D eigenvalue weighted by molar-refractivity contribution is 5.93.